The molecule has 0 spiro atoms. The Morgan fingerprint density at radius 3 is 2.94 bits per heavy atom. The van der Waals surface area contributed by atoms with E-state index in [0.29, 0.717) is 17.0 Å². The van der Waals surface area contributed by atoms with E-state index in [1.54, 1.807) is 25.1 Å². The van der Waals surface area contributed by atoms with Crippen molar-refractivity contribution in [2.24, 2.45) is 0 Å². The molecule has 1 heterocycles. The Kier molecular flexibility index (Phi) is 2.52. The minimum Gasteiger partial charge on any atom is -0.479 e. The van der Waals surface area contributed by atoms with Gasteiger partial charge in [0.2, 0.25) is 0 Å². The molecule has 5 heteroatoms. The quantitative estimate of drug-likeness (QED) is 0.723. The number of nitrogens with one attached hydrogen (secondary N) is 1. The van der Waals surface area contributed by atoms with E-state index in [2.05, 4.69) is 10.1 Å². The molecule has 0 aromatic heterocycles. The van der Waals surface area contributed by atoms with E-state index in [9.17, 15) is 9.59 Å². The van der Waals surface area contributed by atoms with Crippen LogP contribution in [-0.2, 0) is 9.53 Å². The summed E-state index contributed by atoms with van der Waals surface area (Å²) in [5.74, 6) is -0.149. The third kappa shape index (κ3) is 1.71. The standard InChI is InChI=1S/C11H11NO4/c1-6-10(13)12-8-4-3-7(11(14)15-2)5-9(8)16-6/h3-6H,1-2H3,(H,12,13). The Bertz CT molecular complexity index is 455. The number of fused-ring (bicyclic) bond motifs is 1. The number of ether oxygens (including phenoxy) is 2. The SMILES string of the molecule is COC(=O)c1ccc2c(c1)OC(C)C(=O)N2. The van der Waals surface area contributed by atoms with E-state index in [1.165, 1.54) is 7.11 Å². The van der Waals surface area contributed by atoms with Crippen LogP contribution in [0, 0.1) is 0 Å². The van der Waals surface area contributed by atoms with Crippen LogP contribution in [0.25, 0.3) is 0 Å². The first-order valence-corrected chi connectivity index (χ1v) is 4.81. The highest BCUT2D eigenvalue weighted by atomic mass is 16.5. The number of methoxy groups -OCH3 is 1. The van der Waals surface area contributed by atoms with Crippen molar-refractivity contribution in [3.05, 3.63) is 23.8 Å². The molecule has 0 saturated carbocycles. The van der Waals surface area contributed by atoms with Crippen molar-refractivity contribution in [2.45, 2.75) is 13.0 Å². The van der Waals surface area contributed by atoms with Crippen LogP contribution in [0.1, 0.15) is 17.3 Å². The van der Waals surface area contributed by atoms with Gasteiger partial charge in [0.05, 0.1) is 18.4 Å². The fraction of sp³-hybridized carbons (Fsp3) is 0.273. The summed E-state index contributed by atoms with van der Waals surface area (Å²) in [5.41, 5.74) is 0.959. The van der Waals surface area contributed by atoms with Gasteiger partial charge in [-0.25, -0.2) is 4.79 Å². The number of esters is 1. The van der Waals surface area contributed by atoms with Crippen LogP contribution in [0.4, 0.5) is 5.69 Å². The first-order chi connectivity index (χ1) is 7.61. The third-order valence-corrected chi connectivity index (χ3v) is 2.33. The van der Waals surface area contributed by atoms with Crippen molar-refractivity contribution in [3.63, 3.8) is 0 Å². The molecule has 0 saturated heterocycles. The molecule has 1 aromatic rings. The van der Waals surface area contributed by atoms with Crippen LogP contribution in [0.3, 0.4) is 0 Å². The number of hydrogen-bond acceptors (Lipinski definition) is 4. The van der Waals surface area contributed by atoms with E-state index < -0.39 is 12.1 Å². The van der Waals surface area contributed by atoms with Crippen molar-refractivity contribution in [1.29, 1.82) is 0 Å². The molecule has 1 aliphatic rings. The summed E-state index contributed by atoms with van der Waals surface area (Å²) in [6, 6.07) is 4.74. The Balaban J connectivity index is 2.36. The molecule has 1 atom stereocenters. The van der Waals surface area contributed by atoms with Gasteiger partial charge in [0.15, 0.2) is 6.10 Å². The molecule has 16 heavy (non-hydrogen) atoms. The maximum atomic E-state index is 11.3. The Morgan fingerprint density at radius 1 is 1.50 bits per heavy atom. The van der Waals surface area contributed by atoms with Crippen molar-refractivity contribution >= 4 is 17.6 Å². The molecule has 0 fully saturated rings. The van der Waals surface area contributed by atoms with Gasteiger partial charge in [-0.3, -0.25) is 4.79 Å². The molecular weight excluding hydrogens is 210 g/mol. The molecule has 1 unspecified atom stereocenters. The monoisotopic (exact) mass is 221 g/mol. The van der Waals surface area contributed by atoms with Gasteiger partial charge in [0, 0.05) is 0 Å². The van der Waals surface area contributed by atoms with E-state index in [0.717, 1.165) is 0 Å². The minimum absolute atomic E-state index is 0.196. The summed E-state index contributed by atoms with van der Waals surface area (Å²) in [5, 5.41) is 2.68. The van der Waals surface area contributed by atoms with E-state index >= 15 is 0 Å². The Hall–Kier alpha value is -2.04. The molecule has 84 valence electrons. The zero-order chi connectivity index (χ0) is 11.7. The lowest BCUT2D eigenvalue weighted by Gasteiger charge is -2.23. The molecule has 1 aromatic carbocycles. The summed E-state index contributed by atoms with van der Waals surface area (Å²) in [6.07, 6.45) is -0.555. The molecule has 1 amide bonds. The predicted octanol–water partition coefficient (Wildman–Crippen LogP) is 1.19. The highest BCUT2D eigenvalue weighted by Gasteiger charge is 2.24. The molecule has 5 nitrogen and oxygen atoms in total. The number of benzene rings is 1. The van der Waals surface area contributed by atoms with Gasteiger partial charge >= 0.3 is 5.97 Å². The number of amides is 1. The largest absolute Gasteiger partial charge is 0.479 e. The topological polar surface area (TPSA) is 64.6 Å². The van der Waals surface area contributed by atoms with E-state index in [1.807, 2.05) is 0 Å². The van der Waals surface area contributed by atoms with Crippen molar-refractivity contribution in [1.82, 2.24) is 0 Å². The molecule has 0 aliphatic carbocycles. The van der Waals surface area contributed by atoms with Crippen molar-refractivity contribution in [3.8, 4) is 5.75 Å². The van der Waals surface area contributed by atoms with Gasteiger partial charge in [-0.2, -0.15) is 0 Å². The summed E-state index contributed by atoms with van der Waals surface area (Å²) in [6.45, 7) is 1.64. The second kappa shape index (κ2) is 3.84. The van der Waals surface area contributed by atoms with Crippen molar-refractivity contribution < 1.29 is 19.1 Å². The first kappa shape index (κ1) is 10.5. The summed E-state index contributed by atoms with van der Waals surface area (Å²) in [4.78, 5) is 22.6. The fourth-order valence-corrected chi connectivity index (χ4v) is 1.45. The second-order valence-electron chi connectivity index (χ2n) is 3.45. The van der Waals surface area contributed by atoms with Gasteiger partial charge in [-0.05, 0) is 25.1 Å². The first-order valence-electron chi connectivity index (χ1n) is 4.81. The third-order valence-electron chi connectivity index (χ3n) is 2.33. The summed E-state index contributed by atoms with van der Waals surface area (Å²) < 4.78 is 9.95. The maximum Gasteiger partial charge on any atom is 0.337 e. The van der Waals surface area contributed by atoms with Crippen LogP contribution in [0.2, 0.25) is 0 Å². The number of anilines is 1. The second-order valence-corrected chi connectivity index (χ2v) is 3.45. The Morgan fingerprint density at radius 2 is 2.25 bits per heavy atom. The predicted molar refractivity (Wildman–Crippen MR) is 56.5 cm³/mol. The molecule has 2 rings (SSSR count). The van der Waals surface area contributed by atoms with Gasteiger partial charge in [-0.15, -0.1) is 0 Å². The lowest BCUT2D eigenvalue weighted by atomic mass is 10.1. The number of hydrogen-bond donors (Lipinski definition) is 1. The average molecular weight is 221 g/mol. The highest BCUT2D eigenvalue weighted by Crippen LogP contribution is 2.30. The van der Waals surface area contributed by atoms with Crippen LogP contribution >= 0.6 is 0 Å². The molecule has 1 aliphatic heterocycles. The number of rotatable bonds is 1. The van der Waals surface area contributed by atoms with E-state index in [-0.39, 0.29) is 5.91 Å². The maximum absolute atomic E-state index is 11.3. The molecule has 1 N–H and O–H groups in total. The lowest BCUT2D eigenvalue weighted by molar-refractivity contribution is -0.122. The summed E-state index contributed by atoms with van der Waals surface area (Å²) >= 11 is 0. The average Bonchev–Trinajstić information content (AvgIpc) is 2.29. The Labute approximate surface area is 92.4 Å². The molecule has 0 radical (unpaired) electrons. The van der Waals surface area contributed by atoms with Crippen LogP contribution in [-0.4, -0.2) is 25.1 Å². The normalized spacial score (nSPS) is 18.1. The molecule has 0 bridgehead atoms. The van der Waals surface area contributed by atoms with Crippen LogP contribution in [0.15, 0.2) is 18.2 Å². The molecular formula is C11H11NO4. The number of carbonyl (C=O) groups excluding carboxylic acids is 2. The number of carbonyl (C=O) groups is 2. The van der Waals surface area contributed by atoms with Gasteiger partial charge < -0.3 is 14.8 Å². The fourth-order valence-electron chi connectivity index (χ4n) is 1.45. The van der Waals surface area contributed by atoms with Crippen LogP contribution in [0.5, 0.6) is 5.75 Å². The van der Waals surface area contributed by atoms with Gasteiger partial charge in [0.25, 0.3) is 5.91 Å². The summed E-state index contributed by atoms with van der Waals surface area (Å²) in [7, 11) is 1.31. The van der Waals surface area contributed by atoms with E-state index in [4.69, 9.17) is 4.74 Å². The zero-order valence-electron chi connectivity index (χ0n) is 8.94. The van der Waals surface area contributed by atoms with Gasteiger partial charge in [0.1, 0.15) is 5.75 Å². The minimum atomic E-state index is -0.555. The van der Waals surface area contributed by atoms with Crippen molar-refractivity contribution in [2.75, 3.05) is 12.4 Å². The zero-order valence-corrected chi connectivity index (χ0v) is 8.94. The highest BCUT2D eigenvalue weighted by molar-refractivity contribution is 5.99. The lowest BCUT2D eigenvalue weighted by Crippen LogP contribution is -2.34. The smallest absolute Gasteiger partial charge is 0.337 e. The van der Waals surface area contributed by atoms with Crippen LogP contribution < -0.4 is 10.1 Å². The van der Waals surface area contributed by atoms with Gasteiger partial charge in [-0.1, -0.05) is 0 Å².